The van der Waals surface area contributed by atoms with Crippen LogP contribution in [0.3, 0.4) is 0 Å². The predicted molar refractivity (Wildman–Crippen MR) is 51.1 cm³/mol. The standard InChI is InChI=1S/C10H16N2O2/c1-7-3-10(4-7,6-11)9(14)12-5-8(2)13/h7-8,13H,3-5H2,1-2H3,(H,12,14)/t7?,8-,10?/m1/s1. The van der Waals surface area contributed by atoms with Crippen molar-refractivity contribution in [2.24, 2.45) is 11.3 Å². The summed E-state index contributed by atoms with van der Waals surface area (Å²) >= 11 is 0. The van der Waals surface area contributed by atoms with Crippen LogP contribution in [-0.2, 0) is 4.79 Å². The van der Waals surface area contributed by atoms with E-state index in [4.69, 9.17) is 10.4 Å². The van der Waals surface area contributed by atoms with Crippen molar-refractivity contribution in [3.63, 3.8) is 0 Å². The molecule has 1 amide bonds. The average molecular weight is 196 g/mol. The number of carbonyl (C=O) groups excluding carboxylic acids is 1. The van der Waals surface area contributed by atoms with Crippen LogP contribution in [-0.4, -0.2) is 23.7 Å². The molecule has 2 N–H and O–H groups in total. The number of rotatable bonds is 3. The number of aliphatic hydroxyl groups is 1. The van der Waals surface area contributed by atoms with Crippen LogP contribution in [0.4, 0.5) is 0 Å². The van der Waals surface area contributed by atoms with Crippen LogP contribution in [0, 0.1) is 22.7 Å². The highest BCUT2D eigenvalue weighted by atomic mass is 16.3. The predicted octanol–water partition coefficient (Wildman–Crippen LogP) is 0.423. The summed E-state index contributed by atoms with van der Waals surface area (Å²) in [5.41, 5.74) is -0.825. The van der Waals surface area contributed by atoms with Crippen LogP contribution in [0.2, 0.25) is 0 Å². The molecule has 1 fully saturated rings. The Labute approximate surface area is 83.9 Å². The van der Waals surface area contributed by atoms with E-state index in [9.17, 15) is 4.79 Å². The molecule has 1 atom stereocenters. The number of hydrogen-bond donors (Lipinski definition) is 2. The van der Waals surface area contributed by atoms with E-state index in [-0.39, 0.29) is 12.5 Å². The molecular weight excluding hydrogens is 180 g/mol. The van der Waals surface area contributed by atoms with Crippen molar-refractivity contribution in [2.45, 2.75) is 32.8 Å². The number of nitrogens with one attached hydrogen (secondary N) is 1. The van der Waals surface area contributed by atoms with Gasteiger partial charge in [-0.05, 0) is 25.7 Å². The Morgan fingerprint density at radius 1 is 1.79 bits per heavy atom. The molecule has 4 heteroatoms. The molecule has 0 saturated heterocycles. The Hall–Kier alpha value is -1.08. The minimum atomic E-state index is -0.825. The number of nitrogens with zero attached hydrogens (tertiary/aromatic N) is 1. The van der Waals surface area contributed by atoms with E-state index in [1.54, 1.807) is 6.92 Å². The molecule has 0 unspecified atom stereocenters. The second-order valence-corrected chi connectivity index (χ2v) is 4.27. The Bertz CT molecular complexity index is 262. The van der Waals surface area contributed by atoms with Crippen molar-refractivity contribution in [1.82, 2.24) is 5.32 Å². The van der Waals surface area contributed by atoms with Crippen molar-refractivity contribution >= 4 is 5.91 Å². The van der Waals surface area contributed by atoms with Crippen molar-refractivity contribution in [1.29, 1.82) is 5.26 Å². The van der Waals surface area contributed by atoms with Gasteiger partial charge >= 0.3 is 0 Å². The van der Waals surface area contributed by atoms with Gasteiger partial charge < -0.3 is 10.4 Å². The summed E-state index contributed by atoms with van der Waals surface area (Å²) in [6, 6.07) is 2.08. The van der Waals surface area contributed by atoms with Crippen LogP contribution in [0.15, 0.2) is 0 Å². The molecule has 1 saturated carbocycles. The molecule has 1 aliphatic carbocycles. The first-order valence-corrected chi connectivity index (χ1v) is 4.88. The molecule has 0 aromatic heterocycles. The van der Waals surface area contributed by atoms with Gasteiger partial charge in [-0.2, -0.15) is 5.26 Å². The lowest BCUT2D eigenvalue weighted by molar-refractivity contribution is -0.134. The summed E-state index contributed by atoms with van der Waals surface area (Å²) in [6.07, 6.45) is 0.705. The quantitative estimate of drug-likeness (QED) is 0.687. The highest BCUT2D eigenvalue weighted by Gasteiger charge is 2.48. The number of hydrogen-bond acceptors (Lipinski definition) is 3. The lowest BCUT2D eigenvalue weighted by Crippen LogP contribution is -2.49. The molecule has 0 aliphatic heterocycles. The van der Waals surface area contributed by atoms with Crippen LogP contribution in [0.5, 0.6) is 0 Å². The highest BCUT2D eigenvalue weighted by Crippen LogP contribution is 2.44. The van der Waals surface area contributed by atoms with Gasteiger partial charge in [-0.25, -0.2) is 0 Å². The Morgan fingerprint density at radius 3 is 2.71 bits per heavy atom. The lowest BCUT2D eigenvalue weighted by Gasteiger charge is -2.39. The molecule has 0 radical (unpaired) electrons. The van der Waals surface area contributed by atoms with Crippen molar-refractivity contribution in [3.8, 4) is 6.07 Å². The van der Waals surface area contributed by atoms with E-state index in [0.717, 1.165) is 0 Å². The maximum absolute atomic E-state index is 11.6. The third-order valence-electron chi connectivity index (χ3n) is 2.60. The van der Waals surface area contributed by atoms with Gasteiger partial charge in [0.25, 0.3) is 0 Å². The van der Waals surface area contributed by atoms with Gasteiger partial charge in [0.15, 0.2) is 0 Å². The summed E-state index contributed by atoms with van der Waals surface area (Å²) < 4.78 is 0. The Morgan fingerprint density at radius 2 is 2.36 bits per heavy atom. The number of aliphatic hydroxyl groups excluding tert-OH is 1. The summed E-state index contributed by atoms with van der Waals surface area (Å²) in [7, 11) is 0. The second kappa shape index (κ2) is 3.97. The molecule has 0 aromatic rings. The summed E-state index contributed by atoms with van der Waals surface area (Å²) in [5.74, 6) is 0.214. The number of nitriles is 1. The zero-order valence-electron chi connectivity index (χ0n) is 8.58. The Kier molecular flexibility index (Phi) is 3.12. The van der Waals surface area contributed by atoms with Gasteiger partial charge in [0.2, 0.25) is 5.91 Å². The van der Waals surface area contributed by atoms with E-state index >= 15 is 0 Å². The lowest BCUT2D eigenvalue weighted by atomic mass is 9.63. The van der Waals surface area contributed by atoms with Crippen molar-refractivity contribution in [2.75, 3.05) is 6.54 Å². The molecule has 1 aliphatic rings. The maximum Gasteiger partial charge on any atom is 0.240 e. The maximum atomic E-state index is 11.6. The van der Waals surface area contributed by atoms with E-state index in [1.807, 2.05) is 6.92 Å². The fourth-order valence-electron chi connectivity index (χ4n) is 1.87. The van der Waals surface area contributed by atoms with Gasteiger partial charge in [0, 0.05) is 6.54 Å². The molecule has 14 heavy (non-hydrogen) atoms. The number of amides is 1. The molecule has 4 nitrogen and oxygen atoms in total. The van der Waals surface area contributed by atoms with Crippen molar-refractivity contribution in [3.05, 3.63) is 0 Å². The van der Waals surface area contributed by atoms with Gasteiger partial charge in [0.05, 0.1) is 12.2 Å². The second-order valence-electron chi connectivity index (χ2n) is 4.27. The minimum absolute atomic E-state index is 0.219. The van der Waals surface area contributed by atoms with E-state index < -0.39 is 11.5 Å². The van der Waals surface area contributed by atoms with Gasteiger partial charge in [0.1, 0.15) is 5.41 Å². The zero-order valence-corrected chi connectivity index (χ0v) is 8.58. The SMILES string of the molecule is CC1CC(C#N)(C(=O)NC[C@@H](C)O)C1. The summed E-state index contributed by atoms with van der Waals surface area (Å²) in [5, 5.41) is 20.5. The number of carbonyl (C=O) groups is 1. The monoisotopic (exact) mass is 196 g/mol. The zero-order chi connectivity index (χ0) is 10.8. The molecular formula is C10H16N2O2. The first-order chi connectivity index (χ1) is 6.50. The van der Waals surface area contributed by atoms with Crippen LogP contribution < -0.4 is 5.32 Å². The molecule has 0 spiro atoms. The average Bonchev–Trinajstić information content (AvgIpc) is 2.08. The van der Waals surface area contributed by atoms with Gasteiger partial charge in [-0.3, -0.25) is 4.79 Å². The molecule has 78 valence electrons. The smallest absolute Gasteiger partial charge is 0.240 e. The molecule has 1 rings (SSSR count). The summed E-state index contributed by atoms with van der Waals surface area (Å²) in [4.78, 5) is 11.6. The first kappa shape index (κ1) is 11.0. The topological polar surface area (TPSA) is 73.1 Å². The highest BCUT2D eigenvalue weighted by molar-refractivity contribution is 5.86. The van der Waals surface area contributed by atoms with E-state index in [1.165, 1.54) is 0 Å². The molecule has 0 aromatic carbocycles. The Balaban J connectivity index is 2.47. The largest absolute Gasteiger partial charge is 0.392 e. The fraction of sp³-hybridized carbons (Fsp3) is 0.800. The van der Waals surface area contributed by atoms with Crippen LogP contribution in [0.25, 0.3) is 0 Å². The van der Waals surface area contributed by atoms with Gasteiger partial charge in [-0.15, -0.1) is 0 Å². The van der Waals surface area contributed by atoms with Gasteiger partial charge in [-0.1, -0.05) is 6.92 Å². The fourth-order valence-corrected chi connectivity index (χ4v) is 1.87. The third kappa shape index (κ3) is 2.05. The normalized spacial score (nSPS) is 32.6. The third-order valence-corrected chi connectivity index (χ3v) is 2.60. The minimum Gasteiger partial charge on any atom is -0.392 e. The van der Waals surface area contributed by atoms with Crippen molar-refractivity contribution < 1.29 is 9.90 Å². The van der Waals surface area contributed by atoms with Crippen LogP contribution in [0.1, 0.15) is 26.7 Å². The molecule has 0 bridgehead atoms. The first-order valence-electron chi connectivity index (χ1n) is 4.88. The van der Waals surface area contributed by atoms with Crippen LogP contribution >= 0.6 is 0 Å². The molecule has 0 heterocycles. The summed E-state index contributed by atoms with van der Waals surface area (Å²) in [6.45, 7) is 3.84. The van der Waals surface area contributed by atoms with E-state index in [0.29, 0.717) is 18.8 Å². The van der Waals surface area contributed by atoms with E-state index in [2.05, 4.69) is 11.4 Å².